The normalized spacial score (nSPS) is 10.6. The second kappa shape index (κ2) is 11.5. The summed E-state index contributed by atoms with van der Waals surface area (Å²) in [5.74, 6) is 3.51. The second-order valence-electron chi connectivity index (χ2n) is 6.81. The van der Waals surface area contributed by atoms with Crippen molar-refractivity contribution < 1.29 is 23.7 Å². The first kappa shape index (κ1) is 24.2. The van der Waals surface area contributed by atoms with Crippen LogP contribution in [0.3, 0.4) is 0 Å². The van der Waals surface area contributed by atoms with Gasteiger partial charge in [-0.2, -0.15) is 0 Å². The van der Waals surface area contributed by atoms with Crippen LogP contribution in [0.4, 0.5) is 0 Å². The molecule has 1 N–H and O–H groups in total. The highest BCUT2D eigenvalue weighted by Crippen LogP contribution is 2.41. The quantitative estimate of drug-likeness (QED) is 0.334. The fraction of sp³-hybridized carbons (Fsp3) is 0.348. The molecule has 0 bridgehead atoms. The first-order chi connectivity index (χ1) is 16.0. The van der Waals surface area contributed by atoms with Gasteiger partial charge in [0.1, 0.15) is 5.75 Å². The van der Waals surface area contributed by atoms with Crippen LogP contribution in [-0.4, -0.2) is 60.9 Å². The van der Waals surface area contributed by atoms with Crippen LogP contribution in [0, 0.1) is 0 Å². The average molecular weight is 473 g/mol. The molecule has 0 saturated carbocycles. The number of carbonyl (C=O) groups excluding carboxylic acids is 1. The number of amides is 1. The molecule has 1 amide bonds. The highest BCUT2D eigenvalue weighted by Gasteiger charge is 2.21. The third kappa shape index (κ3) is 5.70. The van der Waals surface area contributed by atoms with Gasteiger partial charge in [-0.3, -0.25) is 9.36 Å². The molecule has 0 unspecified atom stereocenters. The fourth-order valence-corrected chi connectivity index (χ4v) is 4.03. The van der Waals surface area contributed by atoms with E-state index in [2.05, 4.69) is 15.5 Å². The molecule has 0 saturated heterocycles. The maximum atomic E-state index is 11.2. The Balaban J connectivity index is 2.07. The maximum Gasteiger partial charge on any atom is 0.216 e. The van der Waals surface area contributed by atoms with Crippen LogP contribution in [0.2, 0.25) is 0 Å². The molecule has 10 heteroatoms. The smallest absolute Gasteiger partial charge is 0.216 e. The Kier molecular flexibility index (Phi) is 8.42. The van der Waals surface area contributed by atoms with Gasteiger partial charge in [-0.1, -0.05) is 11.8 Å². The molecule has 1 heterocycles. The molecule has 9 nitrogen and oxygen atoms in total. The minimum Gasteiger partial charge on any atom is -0.494 e. The molecular formula is C23H28N4O5S. The number of rotatable bonds is 11. The van der Waals surface area contributed by atoms with Gasteiger partial charge in [0.2, 0.25) is 11.7 Å². The van der Waals surface area contributed by atoms with E-state index in [-0.39, 0.29) is 5.91 Å². The van der Waals surface area contributed by atoms with E-state index in [0.29, 0.717) is 47.1 Å². The number of ether oxygens (including phenoxy) is 4. The summed E-state index contributed by atoms with van der Waals surface area (Å²) in [5.41, 5.74) is 1.62. The maximum absolute atomic E-state index is 11.2. The predicted molar refractivity (Wildman–Crippen MR) is 127 cm³/mol. The summed E-state index contributed by atoms with van der Waals surface area (Å²) in [5, 5.41) is 12.4. The topological polar surface area (TPSA) is 96.7 Å². The molecule has 0 spiro atoms. The molecule has 3 rings (SSSR count). The second-order valence-corrected chi connectivity index (χ2v) is 7.88. The minimum atomic E-state index is -0.0679. The van der Waals surface area contributed by atoms with Crippen molar-refractivity contribution in [2.75, 3.05) is 40.2 Å². The summed E-state index contributed by atoms with van der Waals surface area (Å²) in [6.07, 6.45) is 0. The predicted octanol–water partition coefficient (Wildman–Crippen LogP) is 3.59. The molecule has 0 aliphatic rings. The van der Waals surface area contributed by atoms with Gasteiger partial charge < -0.3 is 24.3 Å². The minimum absolute atomic E-state index is 0.0679. The molecule has 0 aliphatic heterocycles. The van der Waals surface area contributed by atoms with Crippen LogP contribution in [-0.2, 0) is 4.79 Å². The van der Waals surface area contributed by atoms with Gasteiger partial charge in [-0.25, -0.2) is 0 Å². The van der Waals surface area contributed by atoms with E-state index in [9.17, 15) is 4.79 Å². The van der Waals surface area contributed by atoms with E-state index in [1.807, 2.05) is 47.9 Å². The summed E-state index contributed by atoms with van der Waals surface area (Å²) in [6, 6.07) is 11.4. The Bertz CT molecular complexity index is 1060. The third-order valence-corrected chi connectivity index (χ3v) is 5.60. The van der Waals surface area contributed by atoms with Gasteiger partial charge in [0.05, 0.1) is 27.9 Å². The Morgan fingerprint density at radius 2 is 1.70 bits per heavy atom. The third-order valence-electron chi connectivity index (χ3n) is 4.67. The Labute approximate surface area is 197 Å². The van der Waals surface area contributed by atoms with Crippen molar-refractivity contribution in [1.82, 2.24) is 20.1 Å². The molecule has 0 radical (unpaired) electrons. The Morgan fingerprint density at radius 3 is 2.24 bits per heavy atom. The van der Waals surface area contributed by atoms with Crippen LogP contribution in [0.25, 0.3) is 17.1 Å². The molecule has 0 atom stereocenters. The lowest BCUT2D eigenvalue weighted by atomic mass is 10.1. The largest absolute Gasteiger partial charge is 0.494 e. The van der Waals surface area contributed by atoms with Crippen LogP contribution in [0.15, 0.2) is 41.6 Å². The molecule has 3 aromatic rings. The molecule has 33 heavy (non-hydrogen) atoms. The van der Waals surface area contributed by atoms with Gasteiger partial charge >= 0.3 is 0 Å². The number of carbonyl (C=O) groups is 1. The van der Waals surface area contributed by atoms with Crippen molar-refractivity contribution in [1.29, 1.82) is 0 Å². The van der Waals surface area contributed by atoms with E-state index in [0.717, 1.165) is 17.0 Å². The lowest BCUT2D eigenvalue weighted by Gasteiger charge is -2.15. The van der Waals surface area contributed by atoms with Crippen LogP contribution in [0.5, 0.6) is 23.0 Å². The first-order valence-corrected chi connectivity index (χ1v) is 11.4. The van der Waals surface area contributed by atoms with Crippen molar-refractivity contribution in [3.8, 4) is 40.1 Å². The van der Waals surface area contributed by atoms with Gasteiger partial charge in [0, 0.05) is 30.5 Å². The zero-order valence-corrected chi connectivity index (χ0v) is 20.2. The lowest BCUT2D eigenvalue weighted by Crippen LogP contribution is -2.22. The standard InChI is InChI=1S/C23H28N4O5S/c1-6-32-18-9-7-17(8-10-18)27-22(25-26-23(27)33-12-11-24-15(2)28)16-13-19(29-3)21(31-5)20(14-16)30-4/h7-10,13-14H,6,11-12H2,1-5H3,(H,24,28). The number of aromatic nitrogens is 3. The van der Waals surface area contributed by atoms with Gasteiger partial charge in [0.25, 0.3) is 0 Å². The van der Waals surface area contributed by atoms with Crippen LogP contribution >= 0.6 is 11.8 Å². The SMILES string of the molecule is CCOc1ccc(-n2c(SCCNC(C)=O)nnc2-c2cc(OC)c(OC)c(OC)c2)cc1. The van der Waals surface area contributed by atoms with Crippen molar-refractivity contribution >= 4 is 17.7 Å². The number of nitrogens with one attached hydrogen (secondary N) is 1. The molecular weight excluding hydrogens is 444 g/mol. The van der Waals surface area contributed by atoms with E-state index in [4.69, 9.17) is 18.9 Å². The lowest BCUT2D eigenvalue weighted by molar-refractivity contribution is -0.118. The number of thioether (sulfide) groups is 1. The summed E-state index contributed by atoms with van der Waals surface area (Å²) in [7, 11) is 4.70. The van der Waals surface area contributed by atoms with Crippen molar-refractivity contribution in [3.05, 3.63) is 36.4 Å². The van der Waals surface area contributed by atoms with E-state index in [1.165, 1.54) is 18.7 Å². The zero-order chi connectivity index (χ0) is 23.8. The number of benzene rings is 2. The van der Waals surface area contributed by atoms with Crippen LogP contribution in [0.1, 0.15) is 13.8 Å². The summed E-state index contributed by atoms with van der Waals surface area (Å²) < 4.78 is 24.0. The molecule has 0 aliphatic carbocycles. The number of hydrogen-bond acceptors (Lipinski definition) is 8. The van der Waals surface area contributed by atoms with Gasteiger partial charge in [-0.15, -0.1) is 10.2 Å². The summed E-state index contributed by atoms with van der Waals surface area (Å²) >= 11 is 1.50. The molecule has 2 aromatic carbocycles. The van der Waals surface area contributed by atoms with E-state index < -0.39 is 0 Å². The van der Waals surface area contributed by atoms with Crippen molar-refractivity contribution in [3.63, 3.8) is 0 Å². The van der Waals surface area contributed by atoms with E-state index in [1.54, 1.807) is 21.3 Å². The van der Waals surface area contributed by atoms with Crippen LogP contribution < -0.4 is 24.3 Å². The molecule has 176 valence electrons. The Hall–Kier alpha value is -3.40. The zero-order valence-electron chi connectivity index (χ0n) is 19.4. The first-order valence-electron chi connectivity index (χ1n) is 10.4. The molecule has 1 aromatic heterocycles. The van der Waals surface area contributed by atoms with Gasteiger partial charge in [0.15, 0.2) is 22.5 Å². The number of hydrogen-bond donors (Lipinski definition) is 1. The van der Waals surface area contributed by atoms with Crippen molar-refractivity contribution in [2.45, 2.75) is 19.0 Å². The molecule has 0 fully saturated rings. The monoisotopic (exact) mass is 472 g/mol. The number of nitrogens with zero attached hydrogens (tertiary/aromatic N) is 3. The average Bonchev–Trinajstić information content (AvgIpc) is 3.25. The summed E-state index contributed by atoms with van der Waals surface area (Å²) in [4.78, 5) is 11.2. The highest BCUT2D eigenvalue weighted by molar-refractivity contribution is 7.99. The Morgan fingerprint density at radius 1 is 1.03 bits per heavy atom. The summed E-state index contributed by atoms with van der Waals surface area (Å²) in [6.45, 7) is 4.55. The highest BCUT2D eigenvalue weighted by atomic mass is 32.2. The van der Waals surface area contributed by atoms with Gasteiger partial charge in [-0.05, 0) is 43.3 Å². The fourth-order valence-electron chi connectivity index (χ4n) is 3.22. The van der Waals surface area contributed by atoms with E-state index >= 15 is 0 Å². The van der Waals surface area contributed by atoms with Crippen molar-refractivity contribution in [2.24, 2.45) is 0 Å². The number of methoxy groups -OCH3 is 3.